The van der Waals surface area contributed by atoms with Crippen molar-refractivity contribution in [2.24, 2.45) is 11.7 Å². The van der Waals surface area contributed by atoms with Gasteiger partial charge in [-0.15, -0.1) is 0 Å². The van der Waals surface area contributed by atoms with E-state index in [1.54, 1.807) is 6.92 Å². The molecule has 1 saturated carbocycles. The summed E-state index contributed by atoms with van der Waals surface area (Å²) in [6.07, 6.45) is 4.53. The van der Waals surface area contributed by atoms with Gasteiger partial charge in [-0.05, 0) is 43.4 Å². The summed E-state index contributed by atoms with van der Waals surface area (Å²) in [5.41, 5.74) is 7.23. The van der Waals surface area contributed by atoms with Crippen LogP contribution in [0.3, 0.4) is 0 Å². The summed E-state index contributed by atoms with van der Waals surface area (Å²) in [6, 6.07) is 2.46. The van der Waals surface area contributed by atoms with Gasteiger partial charge in [-0.2, -0.15) is 0 Å². The number of benzene rings is 1. The fraction of sp³-hybridized carbons (Fsp3) is 0.538. The van der Waals surface area contributed by atoms with Crippen molar-refractivity contribution in [3.05, 3.63) is 29.1 Å². The standard InChI is InChI=1S/C13H18FNO/c1-8-6-10(14)7-11(13(8)16)12(15)9-4-2-3-5-9/h6-7,9,12,16H,2-5,15H2,1H3/t12-/m1/s1. The molecule has 0 aliphatic heterocycles. The number of aromatic hydroxyl groups is 1. The summed E-state index contributed by atoms with van der Waals surface area (Å²) in [7, 11) is 0. The first kappa shape index (κ1) is 11.4. The van der Waals surface area contributed by atoms with Crippen LogP contribution in [0.2, 0.25) is 0 Å². The first-order valence-electron chi connectivity index (χ1n) is 5.84. The second-order valence-electron chi connectivity index (χ2n) is 4.73. The third-order valence-corrected chi connectivity index (χ3v) is 3.56. The highest BCUT2D eigenvalue weighted by Gasteiger charge is 2.26. The highest BCUT2D eigenvalue weighted by molar-refractivity contribution is 5.42. The lowest BCUT2D eigenvalue weighted by atomic mass is 9.91. The monoisotopic (exact) mass is 223 g/mol. The van der Waals surface area contributed by atoms with Crippen molar-refractivity contribution < 1.29 is 9.50 Å². The van der Waals surface area contributed by atoms with Crippen molar-refractivity contribution in [3.8, 4) is 5.75 Å². The molecule has 1 atom stereocenters. The van der Waals surface area contributed by atoms with Crippen molar-refractivity contribution in [2.75, 3.05) is 0 Å². The first-order valence-corrected chi connectivity index (χ1v) is 5.84. The molecule has 1 aromatic rings. The van der Waals surface area contributed by atoms with E-state index in [2.05, 4.69) is 0 Å². The molecule has 0 aromatic heterocycles. The Morgan fingerprint density at radius 2 is 2.00 bits per heavy atom. The zero-order valence-electron chi connectivity index (χ0n) is 9.54. The predicted octanol–water partition coefficient (Wildman–Crippen LogP) is 3.03. The van der Waals surface area contributed by atoms with Gasteiger partial charge in [0.2, 0.25) is 0 Å². The van der Waals surface area contributed by atoms with Crippen LogP contribution in [-0.4, -0.2) is 5.11 Å². The molecule has 0 saturated heterocycles. The Bertz CT molecular complexity index is 386. The Labute approximate surface area is 95.3 Å². The zero-order chi connectivity index (χ0) is 11.7. The topological polar surface area (TPSA) is 46.2 Å². The van der Waals surface area contributed by atoms with Gasteiger partial charge >= 0.3 is 0 Å². The number of phenolic OH excluding ortho intramolecular Hbond substituents is 1. The average Bonchev–Trinajstić information content (AvgIpc) is 2.75. The van der Waals surface area contributed by atoms with Gasteiger partial charge in [-0.25, -0.2) is 4.39 Å². The maximum Gasteiger partial charge on any atom is 0.124 e. The highest BCUT2D eigenvalue weighted by Crippen LogP contribution is 2.38. The molecule has 0 spiro atoms. The summed E-state index contributed by atoms with van der Waals surface area (Å²) >= 11 is 0. The first-order chi connectivity index (χ1) is 7.59. The predicted molar refractivity (Wildman–Crippen MR) is 61.7 cm³/mol. The largest absolute Gasteiger partial charge is 0.507 e. The minimum Gasteiger partial charge on any atom is -0.507 e. The molecule has 1 aliphatic rings. The minimum atomic E-state index is -0.321. The quantitative estimate of drug-likeness (QED) is 0.809. The number of phenols is 1. The van der Waals surface area contributed by atoms with Crippen LogP contribution in [0.25, 0.3) is 0 Å². The van der Waals surface area contributed by atoms with E-state index >= 15 is 0 Å². The van der Waals surface area contributed by atoms with Gasteiger partial charge in [-0.3, -0.25) is 0 Å². The normalized spacial score (nSPS) is 18.9. The number of nitrogens with two attached hydrogens (primary N) is 1. The zero-order valence-corrected chi connectivity index (χ0v) is 9.54. The van der Waals surface area contributed by atoms with Crippen LogP contribution in [-0.2, 0) is 0 Å². The number of halogens is 1. The summed E-state index contributed by atoms with van der Waals surface area (Å²) in [6.45, 7) is 1.70. The summed E-state index contributed by atoms with van der Waals surface area (Å²) in [5, 5.41) is 9.91. The lowest BCUT2D eigenvalue weighted by Crippen LogP contribution is -2.19. The molecule has 3 N–H and O–H groups in total. The van der Waals surface area contributed by atoms with Crippen molar-refractivity contribution in [1.29, 1.82) is 0 Å². The molecule has 1 fully saturated rings. The number of rotatable bonds is 2. The van der Waals surface area contributed by atoms with Crippen molar-refractivity contribution in [3.63, 3.8) is 0 Å². The molecular formula is C13H18FNO. The highest BCUT2D eigenvalue weighted by atomic mass is 19.1. The van der Waals surface area contributed by atoms with E-state index in [9.17, 15) is 9.50 Å². The molecule has 16 heavy (non-hydrogen) atoms. The van der Waals surface area contributed by atoms with E-state index in [0.717, 1.165) is 12.8 Å². The van der Waals surface area contributed by atoms with E-state index in [0.29, 0.717) is 17.0 Å². The van der Waals surface area contributed by atoms with Crippen molar-refractivity contribution in [1.82, 2.24) is 0 Å². The third kappa shape index (κ3) is 2.05. The Balaban J connectivity index is 2.31. The molecule has 0 unspecified atom stereocenters. The SMILES string of the molecule is Cc1cc(F)cc([C@H](N)C2CCCC2)c1O. The molecule has 0 heterocycles. The van der Waals surface area contributed by atoms with Crippen LogP contribution >= 0.6 is 0 Å². The van der Waals surface area contributed by atoms with Gasteiger partial charge in [0.15, 0.2) is 0 Å². The fourth-order valence-corrected chi connectivity index (χ4v) is 2.59. The van der Waals surface area contributed by atoms with Crippen LogP contribution in [0.5, 0.6) is 5.75 Å². The van der Waals surface area contributed by atoms with Gasteiger partial charge in [0.25, 0.3) is 0 Å². The molecule has 3 heteroatoms. The second kappa shape index (κ2) is 4.42. The Hall–Kier alpha value is -1.09. The van der Waals surface area contributed by atoms with E-state index in [-0.39, 0.29) is 17.6 Å². The van der Waals surface area contributed by atoms with Gasteiger partial charge in [0.1, 0.15) is 11.6 Å². The van der Waals surface area contributed by atoms with Gasteiger partial charge in [-0.1, -0.05) is 12.8 Å². The Morgan fingerprint density at radius 3 is 2.62 bits per heavy atom. The minimum absolute atomic E-state index is 0.154. The van der Waals surface area contributed by atoms with Crippen molar-refractivity contribution >= 4 is 0 Å². The third-order valence-electron chi connectivity index (χ3n) is 3.56. The van der Waals surface area contributed by atoms with Crippen LogP contribution in [0.4, 0.5) is 4.39 Å². The molecule has 0 amide bonds. The van der Waals surface area contributed by atoms with Gasteiger partial charge in [0.05, 0.1) is 0 Å². The average molecular weight is 223 g/mol. The Morgan fingerprint density at radius 1 is 1.38 bits per heavy atom. The molecule has 88 valence electrons. The van der Waals surface area contributed by atoms with Gasteiger partial charge < -0.3 is 10.8 Å². The fourth-order valence-electron chi connectivity index (χ4n) is 2.59. The molecule has 1 aliphatic carbocycles. The molecular weight excluding hydrogens is 205 g/mol. The number of hydrogen-bond donors (Lipinski definition) is 2. The smallest absolute Gasteiger partial charge is 0.124 e. The van der Waals surface area contributed by atoms with E-state index < -0.39 is 0 Å². The summed E-state index contributed by atoms with van der Waals surface area (Å²) in [5.74, 6) is 0.214. The molecule has 2 nitrogen and oxygen atoms in total. The molecule has 1 aromatic carbocycles. The maximum absolute atomic E-state index is 13.3. The number of aryl methyl sites for hydroxylation is 1. The van der Waals surface area contributed by atoms with E-state index in [1.165, 1.54) is 25.0 Å². The van der Waals surface area contributed by atoms with E-state index in [4.69, 9.17) is 5.73 Å². The molecule has 0 radical (unpaired) electrons. The lowest BCUT2D eigenvalue weighted by Gasteiger charge is -2.21. The second-order valence-corrected chi connectivity index (χ2v) is 4.73. The molecule has 0 bridgehead atoms. The van der Waals surface area contributed by atoms with Crippen LogP contribution < -0.4 is 5.73 Å². The lowest BCUT2D eigenvalue weighted by molar-refractivity contribution is 0.407. The van der Waals surface area contributed by atoms with Crippen molar-refractivity contribution in [2.45, 2.75) is 38.6 Å². The molecule has 2 rings (SSSR count). The van der Waals surface area contributed by atoms with Crippen LogP contribution in [0.1, 0.15) is 42.9 Å². The van der Waals surface area contributed by atoms with Crippen LogP contribution in [0.15, 0.2) is 12.1 Å². The maximum atomic E-state index is 13.3. The summed E-state index contributed by atoms with van der Waals surface area (Å²) < 4.78 is 13.3. The summed E-state index contributed by atoms with van der Waals surface area (Å²) in [4.78, 5) is 0. The van der Waals surface area contributed by atoms with E-state index in [1.807, 2.05) is 0 Å². The van der Waals surface area contributed by atoms with Gasteiger partial charge in [0, 0.05) is 11.6 Å². The Kier molecular flexibility index (Phi) is 3.15. The van der Waals surface area contributed by atoms with Crippen LogP contribution in [0, 0.1) is 18.7 Å². The number of hydrogen-bond acceptors (Lipinski definition) is 2.